The van der Waals surface area contributed by atoms with E-state index in [9.17, 15) is 4.79 Å². The molecular weight excluding hydrogens is 260 g/mol. The number of aromatic carboxylic acids is 1. The van der Waals surface area contributed by atoms with Crippen molar-refractivity contribution in [3.05, 3.63) is 40.4 Å². The monoisotopic (exact) mass is 268 g/mol. The van der Waals surface area contributed by atoms with Crippen LogP contribution in [0.3, 0.4) is 0 Å². The van der Waals surface area contributed by atoms with Crippen LogP contribution in [0.1, 0.15) is 9.67 Å². The zero-order valence-electron chi connectivity index (χ0n) is 8.92. The van der Waals surface area contributed by atoms with E-state index in [1.807, 2.05) is 37.4 Å². The van der Waals surface area contributed by atoms with Crippen molar-refractivity contribution in [1.29, 1.82) is 0 Å². The van der Waals surface area contributed by atoms with Gasteiger partial charge in [-0.25, -0.2) is 9.78 Å². The van der Waals surface area contributed by atoms with E-state index in [1.54, 1.807) is 4.90 Å². The van der Waals surface area contributed by atoms with Gasteiger partial charge < -0.3 is 10.0 Å². The van der Waals surface area contributed by atoms with Gasteiger partial charge in [-0.3, -0.25) is 0 Å². The normalized spacial score (nSPS) is 10.2. The Balaban J connectivity index is 2.35. The summed E-state index contributed by atoms with van der Waals surface area (Å²) in [7, 11) is 1.82. The minimum Gasteiger partial charge on any atom is -0.477 e. The van der Waals surface area contributed by atoms with Gasteiger partial charge in [0.25, 0.3) is 0 Å². The first kappa shape index (κ1) is 11.9. The number of nitrogens with zero attached hydrogens (tertiary/aromatic N) is 2. The molecule has 17 heavy (non-hydrogen) atoms. The summed E-state index contributed by atoms with van der Waals surface area (Å²) in [6.45, 7) is 0. The molecule has 0 bridgehead atoms. The molecule has 1 aromatic heterocycles. The summed E-state index contributed by atoms with van der Waals surface area (Å²) in [5.41, 5.74) is 0.926. The molecule has 88 valence electrons. The number of carbonyl (C=O) groups is 1. The van der Waals surface area contributed by atoms with Gasteiger partial charge in [0, 0.05) is 12.7 Å². The van der Waals surface area contributed by atoms with E-state index in [1.165, 1.54) is 0 Å². The van der Waals surface area contributed by atoms with E-state index in [0.717, 1.165) is 17.0 Å². The van der Waals surface area contributed by atoms with Crippen LogP contribution < -0.4 is 4.90 Å². The molecule has 6 heteroatoms. The fraction of sp³-hybridized carbons (Fsp3) is 0.0909. The van der Waals surface area contributed by atoms with Crippen molar-refractivity contribution in [3.63, 3.8) is 0 Å². The summed E-state index contributed by atoms with van der Waals surface area (Å²) in [4.78, 5) is 16.8. The molecule has 1 heterocycles. The van der Waals surface area contributed by atoms with Gasteiger partial charge >= 0.3 is 5.97 Å². The molecular formula is C11H9ClN2O2S. The third kappa shape index (κ3) is 2.40. The van der Waals surface area contributed by atoms with Crippen LogP contribution in [0.15, 0.2) is 30.3 Å². The lowest BCUT2D eigenvalue weighted by Gasteiger charge is -2.14. The van der Waals surface area contributed by atoms with Crippen molar-refractivity contribution in [1.82, 2.24) is 4.98 Å². The van der Waals surface area contributed by atoms with Gasteiger partial charge in [-0.05, 0) is 12.1 Å². The number of halogens is 1. The van der Waals surface area contributed by atoms with Gasteiger partial charge in [0.1, 0.15) is 0 Å². The van der Waals surface area contributed by atoms with Gasteiger partial charge in [-0.2, -0.15) is 0 Å². The standard InChI is InChI=1S/C11H9ClN2O2S/c1-14(7-5-3-2-4-6-7)11-13-9(12)8(17-11)10(15)16/h2-6H,1H3,(H,15,16). The van der Waals surface area contributed by atoms with Gasteiger partial charge in [0.2, 0.25) is 0 Å². The lowest BCUT2D eigenvalue weighted by Crippen LogP contribution is -2.08. The average molecular weight is 269 g/mol. The Morgan fingerprint density at radius 3 is 2.59 bits per heavy atom. The molecule has 0 aliphatic heterocycles. The number of hydrogen-bond acceptors (Lipinski definition) is 4. The highest BCUT2D eigenvalue weighted by molar-refractivity contribution is 7.18. The minimum atomic E-state index is -1.06. The Bertz CT molecular complexity index is 542. The number of rotatable bonds is 3. The molecule has 1 aromatic carbocycles. The lowest BCUT2D eigenvalue weighted by molar-refractivity contribution is 0.0702. The highest BCUT2D eigenvalue weighted by Gasteiger charge is 2.18. The first-order chi connectivity index (χ1) is 8.09. The Morgan fingerprint density at radius 1 is 1.41 bits per heavy atom. The van der Waals surface area contributed by atoms with Crippen LogP contribution in [0.4, 0.5) is 10.8 Å². The maximum Gasteiger partial charge on any atom is 0.349 e. The molecule has 0 aliphatic rings. The second kappa shape index (κ2) is 4.73. The van der Waals surface area contributed by atoms with Crippen LogP contribution in [0.5, 0.6) is 0 Å². The van der Waals surface area contributed by atoms with Gasteiger partial charge in [0.05, 0.1) is 0 Å². The van der Waals surface area contributed by atoms with Gasteiger partial charge in [-0.1, -0.05) is 41.1 Å². The number of aromatic nitrogens is 1. The highest BCUT2D eigenvalue weighted by Crippen LogP contribution is 2.32. The smallest absolute Gasteiger partial charge is 0.349 e. The summed E-state index contributed by atoms with van der Waals surface area (Å²) in [6, 6.07) is 9.54. The average Bonchev–Trinajstić information content (AvgIpc) is 2.71. The van der Waals surface area contributed by atoms with E-state index >= 15 is 0 Å². The fourth-order valence-electron chi connectivity index (χ4n) is 1.33. The SMILES string of the molecule is CN(c1ccccc1)c1nc(Cl)c(C(=O)O)s1. The van der Waals surface area contributed by atoms with Crippen molar-refractivity contribution >= 4 is 39.7 Å². The van der Waals surface area contributed by atoms with Crippen molar-refractivity contribution in [2.24, 2.45) is 0 Å². The minimum absolute atomic E-state index is 0.0280. The summed E-state index contributed by atoms with van der Waals surface area (Å²) in [5, 5.41) is 9.48. The van der Waals surface area contributed by atoms with Gasteiger partial charge in [-0.15, -0.1) is 0 Å². The van der Waals surface area contributed by atoms with Crippen molar-refractivity contribution in [3.8, 4) is 0 Å². The summed E-state index contributed by atoms with van der Waals surface area (Å²) >= 11 is 6.82. The number of hydrogen-bond donors (Lipinski definition) is 1. The largest absolute Gasteiger partial charge is 0.477 e. The van der Waals surface area contributed by atoms with E-state index in [2.05, 4.69) is 4.98 Å². The zero-order valence-corrected chi connectivity index (χ0v) is 10.5. The number of carboxylic acid groups (broad SMARTS) is 1. The molecule has 4 nitrogen and oxygen atoms in total. The van der Waals surface area contributed by atoms with E-state index < -0.39 is 5.97 Å². The molecule has 0 spiro atoms. The summed E-state index contributed by atoms with van der Waals surface area (Å²) in [6.07, 6.45) is 0. The Hall–Kier alpha value is -1.59. The predicted molar refractivity (Wildman–Crippen MR) is 68.6 cm³/mol. The maximum absolute atomic E-state index is 10.9. The molecule has 0 radical (unpaired) electrons. The second-order valence-electron chi connectivity index (χ2n) is 3.32. The Morgan fingerprint density at radius 2 is 2.06 bits per heavy atom. The molecule has 0 fully saturated rings. The first-order valence-electron chi connectivity index (χ1n) is 4.78. The van der Waals surface area contributed by atoms with Crippen LogP contribution in [-0.2, 0) is 0 Å². The molecule has 0 atom stereocenters. The van der Waals surface area contributed by atoms with E-state index in [-0.39, 0.29) is 10.0 Å². The lowest BCUT2D eigenvalue weighted by atomic mass is 10.3. The van der Waals surface area contributed by atoms with Crippen molar-refractivity contribution in [2.45, 2.75) is 0 Å². The van der Waals surface area contributed by atoms with Crippen molar-refractivity contribution in [2.75, 3.05) is 11.9 Å². The predicted octanol–water partition coefficient (Wildman–Crippen LogP) is 3.26. The quantitative estimate of drug-likeness (QED) is 0.928. The van der Waals surface area contributed by atoms with Crippen LogP contribution in [-0.4, -0.2) is 23.1 Å². The molecule has 1 N–H and O–H groups in total. The number of para-hydroxylation sites is 1. The molecule has 2 rings (SSSR count). The van der Waals surface area contributed by atoms with Crippen LogP contribution >= 0.6 is 22.9 Å². The highest BCUT2D eigenvalue weighted by atomic mass is 35.5. The molecule has 0 saturated carbocycles. The molecule has 0 saturated heterocycles. The summed E-state index contributed by atoms with van der Waals surface area (Å²) in [5.74, 6) is -1.06. The Kier molecular flexibility index (Phi) is 3.31. The van der Waals surface area contributed by atoms with Crippen LogP contribution in [0.2, 0.25) is 5.15 Å². The van der Waals surface area contributed by atoms with Crippen LogP contribution in [0.25, 0.3) is 0 Å². The van der Waals surface area contributed by atoms with E-state index in [0.29, 0.717) is 5.13 Å². The molecule has 2 aromatic rings. The van der Waals surface area contributed by atoms with Gasteiger partial charge in [0.15, 0.2) is 15.2 Å². The van der Waals surface area contributed by atoms with Crippen LogP contribution in [0, 0.1) is 0 Å². The third-order valence-electron chi connectivity index (χ3n) is 2.20. The molecule has 0 unspecified atom stereocenters. The second-order valence-corrected chi connectivity index (χ2v) is 4.65. The van der Waals surface area contributed by atoms with Crippen molar-refractivity contribution < 1.29 is 9.90 Å². The number of anilines is 2. The first-order valence-corrected chi connectivity index (χ1v) is 5.97. The molecule has 0 aliphatic carbocycles. The number of benzene rings is 1. The fourth-order valence-corrected chi connectivity index (χ4v) is 2.43. The Labute approximate surface area is 107 Å². The van der Waals surface area contributed by atoms with E-state index in [4.69, 9.17) is 16.7 Å². The third-order valence-corrected chi connectivity index (χ3v) is 3.70. The zero-order chi connectivity index (χ0) is 12.4. The maximum atomic E-state index is 10.9. The summed E-state index contributed by atoms with van der Waals surface area (Å²) < 4.78 is 0. The molecule has 0 amide bonds. The number of thiazole rings is 1. The topological polar surface area (TPSA) is 53.4 Å². The number of carboxylic acids is 1.